The Hall–Kier alpha value is -0.693. The van der Waals surface area contributed by atoms with Gasteiger partial charge in [0.25, 0.3) is 0 Å². The Labute approximate surface area is 110 Å². The molecule has 0 radical (unpaired) electrons. The lowest BCUT2D eigenvalue weighted by Gasteiger charge is -2.19. The van der Waals surface area contributed by atoms with E-state index < -0.39 is 18.1 Å². The lowest BCUT2D eigenvalue weighted by atomic mass is 10.1. The summed E-state index contributed by atoms with van der Waals surface area (Å²) in [5, 5.41) is 15.3. The van der Waals surface area contributed by atoms with Crippen molar-refractivity contribution < 1.29 is 13.5 Å². The van der Waals surface area contributed by atoms with E-state index in [2.05, 4.69) is 19.6 Å². The van der Waals surface area contributed by atoms with Crippen molar-refractivity contribution in [3.8, 4) is 0 Å². The summed E-state index contributed by atoms with van der Waals surface area (Å²) in [6, 6.07) is 5.38. The van der Waals surface area contributed by atoms with Crippen LogP contribution in [0, 0.1) is 0 Å². The van der Waals surface area contributed by atoms with Gasteiger partial charge in [0.05, 0.1) is 13.0 Å². The summed E-state index contributed by atoms with van der Waals surface area (Å²) in [6.07, 6.45) is 1.07. The molecule has 0 spiro atoms. The van der Waals surface area contributed by atoms with Crippen molar-refractivity contribution in [2.75, 3.05) is 6.61 Å². The van der Waals surface area contributed by atoms with Crippen molar-refractivity contribution in [1.29, 1.82) is 0 Å². The third kappa shape index (κ3) is 3.91. The van der Waals surface area contributed by atoms with Gasteiger partial charge < -0.3 is 5.11 Å². The normalized spacial score (nSPS) is 12.7. The number of hydrogen-bond acceptors (Lipinski definition) is 3. The zero-order chi connectivity index (χ0) is 14.0. The van der Waals surface area contributed by atoms with Crippen LogP contribution >= 0.6 is 0 Å². The van der Waals surface area contributed by atoms with E-state index in [4.69, 9.17) is 10.2 Å². The first kappa shape index (κ1) is 15.4. The highest BCUT2D eigenvalue weighted by atomic mass is 32.2. The van der Waals surface area contributed by atoms with Gasteiger partial charge in [-0.1, -0.05) is 37.0 Å². The Balaban J connectivity index is 3.30. The fourth-order valence-electron chi connectivity index (χ4n) is 1.79. The van der Waals surface area contributed by atoms with Crippen molar-refractivity contribution in [3.05, 3.63) is 23.8 Å². The summed E-state index contributed by atoms with van der Waals surface area (Å²) in [4.78, 5) is 0.179. The van der Waals surface area contributed by atoms with Crippen LogP contribution in [0.2, 0.25) is 19.6 Å². The Bertz CT molecular complexity index is 521. The molecule has 0 aromatic heterocycles. The fourth-order valence-corrected chi connectivity index (χ4v) is 3.76. The smallest absolute Gasteiger partial charge is 0.238 e. The van der Waals surface area contributed by atoms with Gasteiger partial charge >= 0.3 is 0 Å². The lowest BCUT2D eigenvalue weighted by Crippen LogP contribution is -2.38. The lowest BCUT2D eigenvalue weighted by molar-refractivity contribution is 0.288. The summed E-state index contributed by atoms with van der Waals surface area (Å²) < 4.78 is 23.0. The molecule has 1 rings (SSSR count). The molecule has 0 aliphatic rings. The fraction of sp³-hybridized carbons (Fsp3) is 0.500. The van der Waals surface area contributed by atoms with Crippen molar-refractivity contribution in [1.82, 2.24) is 0 Å². The number of rotatable bonds is 5. The third-order valence-electron chi connectivity index (χ3n) is 2.84. The van der Waals surface area contributed by atoms with Crippen LogP contribution < -0.4 is 10.3 Å². The topological polar surface area (TPSA) is 80.4 Å². The minimum absolute atomic E-state index is 0.0429. The van der Waals surface area contributed by atoms with Crippen molar-refractivity contribution in [3.63, 3.8) is 0 Å². The third-order valence-corrected chi connectivity index (χ3v) is 5.89. The number of primary sulfonamides is 1. The van der Waals surface area contributed by atoms with Gasteiger partial charge in [0.15, 0.2) is 0 Å². The quantitative estimate of drug-likeness (QED) is 0.786. The van der Waals surface area contributed by atoms with Crippen LogP contribution in [-0.4, -0.2) is 28.2 Å². The molecule has 3 N–H and O–H groups in total. The maximum Gasteiger partial charge on any atom is 0.238 e. The van der Waals surface area contributed by atoms with E-state index in [0.29, 0.717) is 18.4 Å². The maximum absolute atomic E-state index is 11.5. The zero-order valence-corrected chi connectivity index (χ0v) is 12.9. The number of aliphatic hydroxyl groups excluding tert-OH is 1. The van der Waals surface area contributed by atoms with E-state index in [1.54, 1.807) is 6.07 Å². The Morgan fingerprint density at radius 3 is 2.33 bits per heavy atom. The number of sulfonamides is 1. The monoisotopic (exact) mass is 287 g/mol. The number of nitrogens with two attached hydrogens (primary N) is 1. The van der Waals surface area contributed by atoms with E-state index in [9.17, 15) is 8.42 Å². The predicted molar refractivity (Wildman–Crippen MR) is 76.2 cm³/mol. The molecule has 0 fully saturated rings. The standard InChI is InChI=1S/C12H21NO3SSi/c1-18(2,3)11-6-7-12(17(13,15)16)10(9-11)5-4-8-14/h6-7,9,14H,4-5,8H2,1-3H3,(H2,13,15,16). The summed E-state index contributed by atoms with van der Waals surface area (Å²) in [7, 11) is -5.18. The highest BCUT2D eigenvalue weighted by Crippen LogP contribution is 2.16. The number of aryl methyl sites for hydroxylation is 1. The molecule has 0 amide bonds. The molecule has 0 atom stereocenters. The molecule has 0 unspecified atom stereocenters. The van der Waals surface area contributed by atoms with Crippen LogP contribution in [0.3, 0.4) is 0 Å². The van der Waals surface area contributed by atoms with Gasteiger partial charge in [0, 0.05) is 6.61 Å². The minimum Gasteiger partial charge on any atom is -0.396 e. The first-order valence-electron chi connectivity index (χ1n) is 5.93. The first-order chi connectivity index (χ1) is 8.16. The van der Waals surface area contributed by atoms with Gasteiger partial charge in [0.1, 0.15) is 0 Å². The van der Waals surface area contributed by atoms with Gasteiger partial charge in [-0.25, -0.2) is 13.6 Å². The largest absolute Gasteiger partial charge is 0.396 e. The molecule has 1 aromatic rings. The van der Waals surface area contributed by atoms with Crippen LogP contribution in [0.1, 0.15) is 12.0 Å². The van der Waals surface area contributed by atoms with E-state index >= 15 is 0 Å². The van der Waals surface area contributed by atoms with Crippen LogP contribution in [-0.2, 0) is 16.4 Å². The molecular formula is C12H21NO3SSi. The van der Waals surface area contributed by atoms with Gasteiger partial charge in [-0.2, -0.15) is 0 Å². The molecule has 0 saturated heterocycles. The first-order valence-corrected chi connectivity index (χ1v) is 11.0. The summed E-state index contributed by atoms with van der Waals surface area (Å²) in [5.74, 6) is 0. The van der Waals surface area contributed by atoms with Gasteiger partial charge in [-0.05, 0) is 24.5 Å². The average Bonchev–Trinajstić information content (AvgIpc) is 2.23. The molecular weight excluding hydrogens is 266 g/mol. The highest BCUT2D eigenvalue weighted by molar-refractivity contribution is 7.89. The molecule has 18 heavy (non-hydrogen) atoms. The van der Waals surface area contributed by atoms with Crippen molar-refractivity contribution >= 4 is 23.3 Å². The molecule has 0 saturated carbocycles. The summed E-state index contributed by atoms with van der Waals surface area (Å²) in [5.41, 5.74) is 0.714. The number of aliphatic hydroxyl groups is 1. The molecule has 0 aliphatic heterocycles. The molecule has 4 nitrogen and oxygen atoms in total. The predicted octanol–water partition coefficient (Wildman–Crippen LogP) is 0.804. The number of hydrogen-bond donors (Lipinski definition) is 2. The van der Waals surface area contributed by atoms with Gasteiger partial charge in [-0.3, -0.25) is 0 Å². The minimum atomic E-state index is -3.69. The zero-order valence-electron chi connectivity index (χ0n) is 11.1. The van der Waals surface area contributed by atoms with Crippen LogP contribution in [0.5, 0.6) is 0 Å². The summed E-state index contributed by atoms with van der Waals surface area (Å²) >= 11 is 0. The SMILES string of the molecule is C[Si](C)(C)c1ccc(S(N)(=O)=O)c(CCCO)c1. The van der Waals surface area contributed by atoms with E-state index in [-0.39, 0.29) is 11.5 Å². The van der Waals surface area contributed by atoms with E-state index in [1.807, 2.05) is 12.1 Å². The van der Waals surface area contributed by atoms with Gasteiger partial charge in [-0.15, -0.1) is 0 Å². The molecule has 102 valence electrons. The van der Waals surface area contributed by atoms with E-state index in [0.717, 1.165) is 0 Å². The Morgan fingerprint density at radius 2 is 1.89 bits per heavy atom. The van der Waals surface area contributed by atoms with Crippen LogP contribution in [0.4, 0.5) is 0 Å². The van der Waals surface area contributed by atoms with Crippen LogP contribution in [0.15, 0.2) is 23.1 Å². The molecule has 0 aliphatic carbocycles. The Morgan fingerprint density at radius 1 is 1.28 bits per heavy atom. The summed E-state index contributed by atoms with van der Waals surface area (Å²) in [6.45, 7) is 6.65. The van der Waals surface area contributed by atoms with E-state index in [1.165, 1.54) is 5.19 Å². The maximum atomic E-state index is 11.5. The van der Waals surface area contributed by atoms with Crippen molar-refractivity contribution in [2.24, 2.45) is 5.14 Å². The number of benzene rings is 1. The second-order valence-corrected chi connectivity index (χ2v) is 12.1. The molecule has 0 heterocycles. The average molecular weight is 287 g/mol. The second kappa shape index (κ2) is 5.52. The van der Waals surface area contributed by atoms with Crippen LogP contribution in [0.25, 0.3) is 0 Å². The molecule has 0 bridgehead atoms. The van der Waals surface area contributed by atoms with Gasteiger partial charge in [0.2, 0.25) is 10.0 Å². The molecule has 1 aromatic carbocycles. The van der Waals surface area contributed by atoms with Crippen molar-refractivity contribution in [2.45, 2.75) is 37.4 Å². The molecule has 6 heteroatoms. The Kier molecular flexibility index (Phi) is 4.71. The second-order valence-electron chi connectivity index (χ2n) is 5.44. The highest BCUT2D eigenvalue weighted by Gasteiger charge is 2.20.